The molecule has 3 aromatic heterocycles. The van der Waals surface area contributed by atoms with Crippen molar-refractivity contribution in [3.05, 3.63) is 40.9 Å². The lowest BCUT2D eigenvalue weighted by atomic mass is 9.80. The summed E-state index contributed by atoms with van der Waals surface area (Å²) in [4.78, 5) is 21.4. The van der Waals surface area contributed by atoms with Crippen molar-refractivity contribution in [3.8, 4) is 22.1 Å². The summed E-state index contributed by atoms with van der Waals surface area (Å²) in [6.07, 6.45) is 6.35. The standard InChI is InChI=1S/C23H26ClN5O4S/c1-13-8-15(16-9-19(24)26-11-18(16)32-3)17(10-25-13)20(30)27-21-28-29-22(34-21)33-12-14-4-6-23(2,31)7-5-14/h8-11,14,31H,4-7,12H2,1-3H3,(H,27,28,30)/t14-,23-. The Balaban J connectivity index is 1.46. The van der Waals surface area contributed by atoms with Crippen molar-refractivity contribution < 1.29 is 19.4 Å². The van der Waals surface area contributed by atoms with Crippen LogP contribution in [0.2, 0.25) is 5.15 Å². The van der Waals surface area contributed by atoms with Gasteiger partial charge in [0.1, 0.15) is 10.9 Å². The minimum absolute atomic E-state index is 0.282. The molecule has 11 heteroatoms. The fourth-order valence-electron chi connectivity index (χ4n) is 3.89. The summed E-state index contributed by atoms with van der Waals surface area (Å²) in [5.74, 6) is 0.458. The van der Waals surface area contributed by atoms with Crippen LogP contribution in [0.1, 0.15) is 48.7 Å². The monoisotopic (exact) mass is 503 g/mol. The van der Waals surface area contributed by atoms with Crippen LogP contribution in [0.3, 0.4) is 0 Å². The molecule has 0 bridgehead atoms. The van der Waals surface area contributed by atoms with E-state index in [0.717, 1.165) is 42.7 Å². The molecule has 1 aliphatic rings. The van der Waals surface area contributed by atoms with Crippen LogP contribution in [0, 0.1) is 12.8 Å². The molecule has 1 saturated carbocycles. The molecular formula is C23H26ClN5O4S. The number of nitrogens with one attached hydrogen (secondary N) is 1. The van der Waals surface area contributed by atoms with Crippen molar-refractivity contribution in [1.29, 1.82) is 0 Å². The number of methoxy groups -OCH3 is 1. The van der Waals surface area contributed by atoms with Crippen LogP contribution in [-0.4, -0.2) is 50.5 Å². The molecule has 0 spiro atoms. The number of hydrogen-bond donors (Lipinski definition) is 2. The van der Waals surface area contributed by atoms with Gasteiger partial charge < -0.3 is 14.6 Å². The van der Waals surface area contributed by atoms with E-state index in [1.807, 2.05) is 13.8 Å². The summed E-state index contributed by atoms with van der Waals surface area (Å²) >= 11 is 7.26. The average molecular weight is 504 g/mol. The Bertz CT molecular complexity index is 1180. The quantitative estimate of drug-likeness (QED) is 0.451. The van der Waals surface area contributed by atoms with Gasteiger partial charge in [0.2, 0.25) is 5.13 Å². The summed E-state index contributed by atoms with van der Waals surface area (Å²) in [5.41, 5.74) is 1.73. The van der Waals surface area contributed by atoms with Crippen LogP contribution in [0.5, 0.6) is 10.9 Å². The van der Waals surface area contributed by atoms with Crippen molar-refractivity contribution in [1.82, 2.24) is 20.2 Å². The van der Waals surface area contributed by atoms with Crippen LogP contribution in [0.25, 0.3) is 11.1 Å². The van der Waals surface area contributed by atoms with Gasteiger partial charge in [-0.05, 0) is 68.9 Å². The highest BCUT2D eigenvalue weighted by Crippen LogP contribution is 2.35. The number of rotatable bonds is 7. The van der Waals surface area contributed by atoms with E-state index in [-0.39, 0.29) is 5.15 Å². The van der Waals surface area contributed by atoms with Crippen LogP contribution in [0.4, 0.5) is 5.13 Å². The summed E-state index contributed by atoms with van der Waals surface area (Å²) in [6, 6.07) is 3.44. The predicted molar refractivity (Wildman–Crippen MR) is 130 cm³/mol. The number of pyridine rings is 2. The van der Waals surface area contributed by atoms with Crippen molar-refractivity contribution >= 4 is 34.0 Å². The fraction of sp³-hybridized carbons (Fsp3) is 0.435. The van der Waals surface area contributed by atoms with Crippen molar-refractivity contribution in [2.45, 2.75) is 45.1 Å². The molecule has 1 fully saturated rings. The van der Waals surface area contributed by atoms with Crippen LogP contribution >= 0.6 is 22.9 Å². The number of aromatic nitrogens is 4. The van der Waals surface area contributed by atoms with Gasteiger partial charge in [-0.1, -0.05) is 16.7 Å². The summed E-state index contributed by atoms with van der Waals surface area (Å²) < 4.78 is 11.2. The molecule has 4 rings (SSSR count). The second-order valence-electron chi connectivity index (χ2n) is 8.66. The fourth-order valence-corrected chi connectivity index (χ4v) is 4.65. The molecule has 180 valence electrons. The summed E-state index contributed by atoms with van der Waals surface area (Å²) in [5, 5.41) is 21.9. The molecule has 1 aliphatic carbocycles. The van der Waals surface area contributed by atoms with Gasteiger partial charge in [-0.3, -0.25) is 15.1 Å². The Kier molecular flexibility index (Phi) is 7.30. The lowest BCUT2D eigenvalue weighted by molar-refractivity contribution is 0.00148. The van der Waals surface area contributed by atoms with E-state index in [1.165, 1.54) is 19.5 Å². The highest BCUT2D eigenvalue weighted by molar-refractivity contribution is 7.17. The van der Waals surface area contributed by atoms with Gasteiger partial charge in [0.25, 0.3) is 11.1 Å². The molecular weight excluding hydrogens is 478 g/mol. The Morgan fingerprint density at radius 1 is 1.24 bits per heavy atom. The third-order valence-electron chi connectivity index (χ3n) is 5.88. The van der Waals surface area contributed by atoms with E-state index in [2.05, 4.69) is 25.5 Å². The number of halogens is 1. The third-order valence-corrected chi connectivity index (χ3v) is 6.84. The molecule has 3 aromatic rings. The zero-order valence-electron chi connectivity index (χ0n) is 19.2. The second-order valence-corrected chi connectivity index (χ2v) is 9.98. The lowest BCUT2D eigenvalue weighted by Crippen LogP contribution is -2.32. The zero-order valence-corrected chi connectivity index (χ0v) is 20.7. The molecule has 0 atom stereocenters. The smallest absolute Gasteiger partial charge is 0.295 e. The van der Waals surface area contributed by atoms with E-state index in [9.17, 15) is 9.90 Å². The highest BCUT2D eigenvalue weighted by atomic mass is 35.5. The molecule has 2 N–H and O–H groups in total. The van der Waals surface area contributed by atoms with Crippen molar-refractivity contribution in [2.75, 3.05) is 19.0 Å². The first kappa shape index (κ1) is 24.3. The number of anilines is 1. The largest absolute Gasteiger partial charge is 0.494 e. The molecule has 0 aliphatic heterocycles. The number of aryl methyl sites for hydroxylation is 1. The van der Waals surface area contributed by atoms with Gasteiger partial charge in [0.15, 0.2) is 0 Å². The number of nitrogens with zero attached hydrogens (tertiary/aromatic N) is 4. The Hall–Kier alpha value is -2.82. The lowest BCUT2D eigenvalue weighted by Gasteiger charge is -2.32. The summed E-state index contributed by atoms with van der Waals surface area (Å²) in [7, 11) is 1.53. The molecule has 1 amide bonds. The van der Waals surface area contributed by atoms with Gasteiger partial charge in [-0.25, -0.2) is 4.98 Å². The number of hydrogen-bond acceptors (Lipinski definition) is 9. The average Bonchev–Trinajstić information content (AvgIpc) is 3.25. The van der Waals surface area contributed by atoms with E-state index in [1.54, 1.807) is 12.1 Å². The van der Waals surface area contributed by atoms with E-state index >= 15 is 0 Å². The molecule has 34 heavy (non-hydrogen) atoms. The molecule has 0 aromatic carbocycles. The molecule has 3 heterocycles. The highest BCUT2D eigenvalue weighted by Gasteiger charge is 2.29. The molecule has 9 nitrogen and oxygen atoms in total. The number of ether oxygens (including phenoxy) is 2. The van der Waals surface area contributed by atoms with Crippen LogP contribution in [-0.2, 0) is 0 Å². The SMILES string of the molecule is COc1cnc(Cl)cc1-c1cc(C)ncc1C(=O)Nc1nnc(OC[C@H]2CC[C@](C)(O)CC2)s1. The predicted octanol–water partition coefficient (Wildman–Crippen LogP) is 4.54. The van der Waals surface area contributed by atoms with E-state index < -0.39 is 11.5 Å². The van der Waals surface area contributed by atoms with Gasteiger partial charge in [0, 0.05) is 23.0 Å². The maximum atomic E-state index is 13.1. The minimum Gasteiger partial charge on any atom is -0.494 e. The number of carbonyl (C=O) groups excluding carboxylic acids is 1. The zero-order chi connectivity index (χ0) is 24.3. The van der Waals surface area contributed by atoms with Gasteiger partial charge >= 0.3 is 0 Å². The van der Waals surface area contributed by atoms with Gasteiger partial charge in [0.05, 0.1) is 31.1 Å². The van der Waals surface area contributed by atoms with Crippen molar-refractivity contribution in [2.24, 2.45) is 5.92 Å². The maximum Gasteiger partial charge on any atom is 0.295 e. The third kappa shape index (κ3) is 5.81. The Morgan fingerprint density at radius 2 is 2.00 bits per heavy atom. The van der Waals surface area contributed by atoms with Gasteiger partial charge in [-0.2, -0.15) is 0 Å². The minimum atomic E-state index is -0.577. The number of carbonyl (C=O) groups is 1. The van der Waals surface area contributed by atoms with E-state index in [4.69, 9.17) is 21.1 Å². The topological polar surface area (TPSA) is 119 Å². The Labute approximate surface area is 206 Å². The van der Waals surface area contributed by atoms with Crippen molar-refractivity contribution in [3.63, 3.8) is 0 Å². The molecule has 0 unspecified atom stereocenters. The maximum absolute atomic E-state index is 13.1. The summed E-state index contributed by atoms with van der Waals surface area (Å²) in [6.45, 7) is 4.22. The van der Waals surface area contributed by atoms with Gasteiger partial charge in [-0.15, -0.1) is 5.10 Å². The van der Waals surface area contributed by atoms with Crippen LogP contribution < -0.4 is 14.8 Å². The molecule has 0 saturated heterocycles. The molecule has 0 radical (unpaired) electrons. The number of amides is 1. The van der Waals surface area contributed by atoms with Crippen LogP contribution in [0.15, 0.2) is 24.5 Å². The first-order chi connectivity index (χ1) is 16.2. The number of aliphatic hydroxyl groups is 1. The Morgan fingerprint density at radius 3 is 2.74 bits per heavy atom. The first-order valence-electron chi connectivity index (χ1n) is 10.9. The second kappa shape index (κ2) is 10.2. The normalized spacial score (nSPS) is 20.1. The van der Waals surface area contributed by atoms with E-state index in [0.29, 0.717) is 45.3 Å². The first-order valence-corrected chi connectivity index (χ1v) is 12.1.